The molecule has 1 heterocycles. The van der Waals surface area contributed by atoms with Crippen LogP contribution in [0, 0.1) is 0 Å². The molecule has 0 aliphatic heterocycles. The first-order valence-electron chi connectivity index (χ1n) is 7.68. The Morgan fingerprint density at radius 1 is 1.12 bits per heavy atom. The number of ketones is 1. The van der Waals surface area contributed by atoms with Crippen molar-refractivity contribution in [1.29, 1.82) is 0 Å². The Kier molecular flexibility index (Phi) is 3.86. The lowest BCUT2D eigenvalue weighted by molar-refractivity contribution is -0.138. The van der Waals surface area contributed by atoms with E-state index in [1.54, 1.807) is 30.3 Å². The third-order valence-corrected chi connectivity index (χ3v) is 5.70. The van der Waals surface area contributed by atoms with Gasteiger partial charge < -0.3 is 5.73 Å². The first kappa shape index (κ1) is 17.1. The number of carbonyl (C=O) groups excluding carboxylic acids is 1. The minimum Gasteiger partial charge on any atom is -0.390 e. The third-order valence-electron chi connectivity index (χ3n) is 4.43. The summed E-state index contributed by atoms with van der Waals surface area (Å²) in [5.74, 6) is -0.318. The van der Waals surface area contributed by atoms with Gasteiger partial charge in [0.2, 0.25) is 0 Å². The lowest BCUT2D eigenvalue weighted by atomic mass is 9.95. The van der Waals surface area contributed by atoms with Gasteiger partial charge in [-0.15, -0.1) is 11.3 Å². The first-order chi connectivity index (χ1) is 12.3. The van der Waals surface area contributed by atoms with Crippen LogP contribution in [0.25, 0.3) is 11.1 Å². The summed E-state index contributed by atoms with van der Waals surface area (Å²) < 4.78 is 39.9. The molecule has 4 rings (SSSR count). The zero-order valence-corrected chi connectivity index (χ0v) is 14.7. The maximum atomic E-state index is 13.3. The molecule has 0 spiro atoms. The molecule has 1 aliphatic carbocycles. The Labute approximate surface area is 156 Å². The summed E-state index contributed by atoms with van der Waals surface area (Å²) in [6, 6.07) is 10.4. The maximum Gasteiger partial charge on any atom is 0.416 e. The van der Waals surface area contributed by atoms with Gasteiger partial charge in [-0.05, 0) is 41.5 Å². The molecule has 0 radical (unpaired) electrons. The van der Waals surface area contributed by atoms with Crippen molar-refractivity contribution in [3.8, 4) is 11.1 Å². The van der Waals surface area contributed by atoms with Gasteiger partial charge in [0.05, 0.1) is 16.1 Å². The molecule has 0 saturated heterocycles. The molecular formula is C19H11ClF3NOS. The van der Waals surface area contributed by atoms with Crippen molar-refractivity contribution < 1.29 is 18.0 Å². The average Bonchev–Trinajstić information content (AvgIpc) is 3.08. The lowest BCUT2D eigenvalue weighted by Crippen LogP contribution is -2.09. The van der Waals surface area contributed by atoms with Gasteiger partial charge in [0.15, 0.2) is 5.78 Å². The number of benzene rings is 2. The number of nitrogens with two attached hydrogens (primary N) is 1. The van der Waals surface area contributed by atoms with Crippen LogP contribution in [0.5, 0.6) is 0 Å². The monoisotopic (exact) mass is 393 g/mol. The van der Waals surface area contributed by atoms with Gasteiger partial charge in [0, 0.05) is 27.4 Å². The number of fused-ring (bicyclic) bond motifs is 3. The van der Waals surface area contributed by atoms with Crippen molar-refractivity contribution in [2.24, 2.45) is 0 Å². The van der Waals surface area contributed by atoms with E-state index >= 15 is 0 Å². The Morgan fingerprint density at radius 3 is 2.46 bits per heavy atom. The molecule has 3 aromatic rings. The number of carbonyl (C=O) groups is 1. The molecule has 1 aliphatic rings. The van der Waals surface area contributed by atoms with Crippen LogP contribution in [-0.4, -0.2) is 5.78 Å². The largest absolute Gasteiger partial charge is 0.416 e. The highest BCUT2D eigenvalue weighted by atomic mass is 35.5. The van der Waals surface area contributed by atoms with E-state index in [1.807, 2.05) is 0 Å². The van der Waals surface area contributed by atoms with Crippen LogP contribution in [0.1, 0.15) is 31.9 Å². The molecule has 0 atom stereocenters. The van der Waals surface area contributed by atoms with E-state index < -0.39 is 11.7 Å². The number of hydrogen-bond acceptors (Lipinski definition) is 3. The minimum absolute atomic E-state index is 0.128. The number of hydrogen-bond donors (Lipinski definition) is 1. The summed E-state index contributed by atoms with van der Waals surface area (Å²) >= 11 is 7.02. The second-order valence-corrected chi connectivity index (χ2v) is 7.55. The molecule has 132 valence electrons. The van der Waals surface area contributed by atoms with Crippen LogP contribution in [0.3, 0.4) is 0 Å². The Balaban J connectivity index is 1.88. The molecule has 0 bridgehead atoms. The standard InChI is InChI=1S/C19H11ClF3NOS/c20-10-6-4-9(5-7-10)17(25)16-15-11-2-1-3-13(19(21,22)23)12(11)8-14(15)26-18(16)24/h1-7H,8,24H2. The molecular weight excluding hydrogens is 383 g/mol. The van der Waals surface area contributed by atoms with Crippen LogP contribution in [0.4, 0.5) is 18.2 Å². The minimum atomic E-state index is -4.44. The van der Waals surface area contributed by atoms with Crippen LogP contribution < -0.4 is 5.73 Å². The van der Waals surface area contributed by atoms with Gasteiger partial charge in [0.25, 0.3) is 0 Å². The summed E-state index contributed by atoms with van der Waals surface area (Å²) in [6.45, 7) is 0. The van der Waals surface area contributed by atoms with E-state index in [0.29, 0.717) is 31.6 Å². The smallest absolute Gasteiger partial charge is 0.390 e. The van der Waals surface area contributed by atoms with Crippen LogP contribution in [-0.2, 0) is 12.6 Å². The molecule has 7 heteroatoms. The predicted octanol–water partition coefficient (Wildman–Crippen LogP) is 5.80. The average molecular weight is 394 g/mol. The van der Waals surface area contributed by atoms with Gasteiger partial charge in [-0.1, -0.05) is 23.7 Å². The van der Waals surface area contributed by atoms with Gasteiger partial charge in [0.1, 0.15) is 0 Å². The van der Waals surface area contributed by atoms with Crippen molar-refractivity contribution in [3.63, 3.8) is 0 Å². The zero-order valence-electron chi connectivity index (χ0n) is 13.2. The van der Waals surface area contributed by atoms with Crippen LogP contribution >= 0.6 is 22.9 Å². The third kappa shape index (κ3) is 2.61. The molecule has 26 heavy (non-hydrogen) atoms. The summed E-state index contributed by atoms with van der Waals surface area (Å²) in [6.07, 6.45) is -4.31. The fourth-order valence-corrected chi connectivity index (χ4v) is 4.53. The fourth-order valence-electron chi connectivity index (χ4n) is 3.32. The zero-order chi connectivity index (χ0) is 18.6. The van der Waals surface area contributed by atoms with E-state index in [-0.39, 0.29) is 23.3 Å². The molecule has 2 N–H and O–H groups in total. The maximum absolute atomic E-state index is 13.3. The highest BCUT2D eigenvalue weighted by molar-refractivity contribution is 7.17. The van der Waals surface area contributed by atoms with Gasteiger partial charge >= 0.3 is 6.18 Å². The van der Waals surface area contributed by atoms with E-state index in [4.69, 9.17) is 17.3 Å². The Morgan fingerprint density at radius 2 is 1.81 bits per heavy atom. The lowest BCUT2D eigenvalue weighted by Gasteiger charge is -2.12. The van der Waals surface area contributed by atoms with Crippen molar-refractivity contribution in [3.05, 3.63) is 74.6 Å². The second kappa shape index (κ2) is 5.86. The SMILES string of the molecule is Nc1sc2c(c1C(=O)c1ccc(Cl)cc1)-c1cccc(C(F)(F)F)c1C2. The molecule has 2 aromatic carbocycles. The number of halogens is 4. The van der Waals surface area contributed by atoms with Gasteiger partial charge in [-0.3, -0.25) is 4.79 Å². The van der Waals surface area contributed by atoms with E-state index in [9.17, 15) is 18.0 Å². The van der Waals surface area contributed by atoms with E-state index in [2.05, 4.69) is 0 Å². The van der Waals surface area contributed by atoms with Crippen molar-refractivity contribution in [2.75, 3.05) is 5.73 Å². The van der Waals surface area contributed by atoms with Crippen molar-refractivity contribution in [2.45, 2.75) is 12.6 Å². The summed E-state index contributed by atoms with van der Waals surface area (Å²) in [5, 5.41) is 0.809. The number of alkyl halides is 3. The predicted molar refractivity (Wildman–Crippen MR) is 96.9 cm³/mol. The van der Waals surface area contributed by atoms with E-state index in [0.717, 1.165) is 6.07 Å². The summed E-state index contributed by atoms with van der Waals surface area (Å²) in [4.78, 5) is 13.6. The van der Waals surface area contributed by atoms with Crippen LogP contribution in [0.2, 0.25) is 5.02 Å². The highest BCUT2D eigenvalue weighted by Crippen LogP contribution is 2.50. The highest BCUT2D eigenvalue weighted by Gasteiger charge is 2.38. The molecule has 0 unspecified atom stereocenters. The Bertz CT molecular complexity index is 1040. The molecule has 0 saturated carbocycles. The van der Waals surface area contributed by atoms with E-state index in [1.165, 1.54) is 17.4 Å². The molecule has 1 aromatic heterocycles. The summed E-state index contributed by atoms with van der Waals surface area (Å²) in [7, 11) is 0. The topological polar surface area (TPSA) is 43.1 Å². The first-order valence-corrected chi connectivity index (χ1v) is 8.87. The number of thiophene rings is 1. The summed E-state index contributed by atoms with van der Waals surface area (Å²) in [5.41, 5.74) is 7.20. The molecule has 0 fully saturated rings. The number of nitrogen functional groups attached to an aromatic ring is 1. The second-order valence-electron chi connectivity index (χ2n) is 5.98. The Hall–Kier alpha value is -2.31. The molecule has 2 nitrogen and oxygen atoms in total. The molecule has 0 amide bonds. The normalized spacial score (nSPS) is 12.8. The van der Waals surface area contributed by atoms with Gasteiger partial charge in [-0.2, -0.15) is 13.2 Å². The number of anilines is 1. The van der Waals surface area contributed by atoms with Gasteiger partial charge in [-0.25, -0.2) is 0 Å². The number of rotatable bonds is 2. The van der Waals surface area contributed by atoms with Crippen molar-refractivity contribution in [1.82, 2.24) is 0 Å². The van der Waals surface area contributed by atoms with Crippen LogP contribution in [0.15, 0.2) is 42.5 Å². The van der Waals surface area contributed by atoms with Crippen molar-refractivity contribution >= 4 is 33.7 Å². The fraction of sp³-hybridized carbons (Fsp3) is 0.105. The quantitative estimate of drug-likeness (QED) is 0.437.